The molecule has 1 amide bonds. The minimum atomic E-state index is -4.67. The van der Waals surface area contributed by atoms with Crippen molar-refractivity contribution in [1.29, 1.82) is 5.41 Å². The number of hydrogen-bond acceptors (Lipinski definition) is 5. The van der Waals surface area contributed by atoms with Gasteiger partial charge in [0.25, 0.3) is 5.91 Å². The molecular formula is C26H26F4N6OS. The average Bonchev–Trinajstić information content (AvgIpc) is 3.50. The lowest BCUT2D eigenvalue weighted by Crippen LogP contribution is -2.31. The standard InChI is InChI=1S/C26H26F4N6OS/c1-14-7-21(32-11-20(14)27)22(16-3-4-16)33-24(37)18-9-15(12-36-5-6-38-25(36)31)8-17(10-18)19-13-35(2)34-23(19)26(28,29)30/h7-11,13,16,22,31H,3-6,12H2,1-2H3,(H,33,37)/t22-/m0/s1. The van der Waals surface area contributed by atoms with Crippen molar-refractivity contribution >= 4 is 22.8 Å². The second kappa shape index (κ2) is 10.0. The van der Waals surface area contributed by atoms with Crippen LogP contribution < -0.4 is 5.32 Å². The number of nitrogens with one attached hydrogen (secondary N) is 2. The maximum atomic E-state index is 13.8. The van der Waals surface area contributed by atoms with Gasteiger partial charge in [-0.3, -0.25) is 19.9 Å². The van der Waals surface area contributed by atoms with Gasteiger partial charge in [-0.25, -0.2) is 4.39 Å². The molecule has 0 radical (unpaired) electrons. The van der Waals surface area contributed by atoms with Crippen molar-refractivity contribution in [1.82, 2.24) is 25.0 Å². The first-order chi connectivity index (χ1) is 18.0. The lowest BCUT2D eigenvalue weighted by atomic mass is 9.98. The van der Waals surface area contributed by atoms with Crippen LogP contribution in [0.3, 0.4) is 0 Å². The molecule has 0 bridgehead atoms. The Morgan fingerprint density at radius 2 is 2.03 bits per heavy atom. The van der Waals surface area contributed by atoms with Gasteiger partial charge in [0.15, 0.2) is 10.9 Å². The normalized spacial score (nSPS) is 16.7. The van der Waals surface area contributed by atoms with Crippen LogP contribution in [0.2, 0.25) is 0 Å². The van der Waals surface area contributed by atoms with Crippen LogP contribution >= 0.6 is 11.8 Å². The van der Waals surface area contributed by atoms with E-state index in [1.807, 2.05) is 4.90 Å². The smallest absolute Gasteiger partial charge is 0.347 e. The van der Waals surface area contributed by atoms with Crippen LogP contribution in [0.25, 0.3) is 11.1 Å². The summed E-state index contributed by atoms with van der Waals surface area (Å²) in [5, 5.41) is 15.1. The molecule has 5 rings (SSSR count). The van der Waals surface area contributed by atoms with Gasteiger partial charge in [0, 0.05) is 43.2 Å². The zero-order valence-electron chi connectivity index (χ0n) is 20.8. The molecular weight excluding hydrogens is 520 g/mol. The SMILES string of the molecule is Cc1cc([C@@H](NC(=O)c2cc(CN3CCSC3=N)cc(-c3cn(C)nc3C(F)(F)F)c2)C2CC2)ncc1F. The lowest BCUT2D eigenvalue weighted by molar-refractivity contribution is -0.140. The van der Waals surface area contributed by atoms with Crippen molar-refractivity contribution in [3.05, 3.63) is 70.6 Å². The molecule has 2 aliphatic rings. The van der Waals surface area contributed by atoms with Crippen molar-refractivity contribution in [3.63, 3.8) is 0 Å². The second-order valence-corrected chi connectivity index (χ2v) is 10.8. The van der Waals surface area contributed by atoms with Crippen LogP contribution in [0.1, 0.15) is 51.8 Å². The topological polar surface area (TPSA) is 86.9 Å². The van der Waals surface area contributed by atoms with E-state index in [0.717, 1.165) is 29.5 Å². The largest absolute Gasteiger partial charge is 0.435 e. The average molecular weight is 547 g/mol. The molecule has 1 saturated carbocycles. The molecule has 1 aliphatic carbocycles. The number of pyridine rings is 1. The van der Waals surface area contributed by atoms with Gasteiger partial charge in [0.2, 0.25) is 0 Å². The summed E-state index contributed by atoms with van der Waals surface area (Å²) in [5.41, 5.74) is 0.816. The van der Waals surface area contributed by atoms with E-state index in [1.54, 1.807) is 25.1 Å². The molecule has 0 spiro atoms. The summed E-state index contributed by atoms with van der Waals surface area (Å²) in [5.74, 6) is 0.00251. The van der Waals surface area contributed by atoms with Crippen LogP contribution in [0, 0.1) is 24.1 Å². The first-order valence-electron chi connectivity index (χ1n) is 12.1. The third-order valence-corrected chi connectivity index (χ3v) is 7.61. The fourth-order valence-corrected chi connectivity index (χ4v) is 5.46. The van der Waals surface area contributed by atoms with Gasteiger partial charge in [-0.15, -0.1) is 0 Å². The lowest BCUT2D eigenvalue weighted by Gasteiger charge is -2.21. The fraction of sp³-hybridized carbons (Fsp3) is 0.385. The Hall–Kier alpha value is -3.41. The quantitative estimate of drug-likeness (QED) is 0.392. The van der Waals surface area contributed by atoms with Gasteiger partial charge in [-0.2, -0.15) is 18.3 Å². The summed E-state index contributed by atoms with van der Waals surface area (Å²) in [4.78, 5) is 19.5. The molecule has 3 aromatic rings. The molecule has 7 nitrogen and oxygen atoms in total. The summed E-state index contributed by atoms with van der Waals surface area (Å²) >= 11 is 1.40. The Kier molecular flexibility index (Phi) is 6.93. The highest BCUT2D eigenvalue weighted by atomic mass is 32.2. The Labute approximate surface area is 221 Å². The van der Waals surface area contributed by atoms with Crippen LogP contribution in [0.5, 0.6) is 0 Å². The molecule has 200 valence electrons. The van der Waals surface area contributed by atoms with Crippen LogP contribution in [-0.4, -0.2) is 43.0 Å². The highest BCUT2D eigenvalue weighted by molar-refractivity contribution is 8.14. The number of aryl methyl sites for hydroxylation is 2. The van der Waals surface area contributed by atoms with Gasteiger partial charge in [0.05, 0.1) is 17.9 Å². The first kappa shape index (κ1) is 26.2. The van der Waals surface area contributed by atoms with Crippen molar-refractivity contribution in [3.8, 4) is 11.1 Å². The Bertz CT molecular complexity index is 1400. The first-order valence-corrected chi connectivity index (χ1v) is 13.1. The summed E-state index contributed by atoms with van der Waals surface area (Å²) in [6, 6.07) is 5.86. The summed E-state index contributed by atoms with van der Waals surface area (Å²) in [6.45, 7) is 2.55. The number of carbonyl (C=O) groups excluding carboxylic acids is 1. The predicted molar refractivity (Wildman–Crippen MR) is 136 cm³/mol. The molecule has 1 aromatic carbocycles. The third kappa shape index (κ3) is 5.54. The number of halogens is 4. The van der Waals surface area contributed by atoms with Crippen molar-refractivity contribution in [2.45, 2.75) is 38.5 Å². The number of amidine groups is 1. The van der Waals surface area contributed by atoms with Gasteiger partial charge in [0.1, 0.15) is 5.82 Å². The molecule has 1 saturated heterocycles. The van der Waals surface area contributed by atoms with E-state index in [1.165, 1.54) is 31.1 Å². The van der Waals surface area contributed by atoms with E-state index < -0.39 is 29.6 Å². The minimum absolute atomic E-state index is 0.128. The van der Waals surface area contributed by atoms with Crippen LogP contribution in [-0.2, 0) is 19.8 Å². The van der Waals surface area contributed by atoms with E-state index in [2.05, 4.69) is 15.4 Å². The van der Waals surface area contributed by atoms with Gasteiger partial charge >= 0.3 is 6.18 Å². The molecule has 3 heterocycles. The molecule has 0 unspecified atom stereocenters. The van der Waals surface area contributed by atoms with Crippen molar-refractivity contribution < 1.29 is 22.4 Å². The van der Waals surface area contributed by atoms with E-state index in [9.17, 15) is 22.4 Å². The molecule has 2 fully saturated rings. The zero-order valence-corrected chi connectivity index (χ0v) is 21.6. The van der Waals surface area contributed by atoms with Gasteiger partial charge < -0.3 is 10.2 Å². The Balaban J connectivity index is 1.52. The van der Waals surface area contributed by atoms with E-state index in [-0.39, 0.29) is 29.2 Å². The molecule has 38 heavy (non-hydrogen) atoms. The molecule has 1 aliphatic heterocycles. The Morgan fingerprint density at radius 1 is 1.26 bits per heavy atom. The number of amides is 1. The summed E-state index contributed by atoms with van der Waals surface area (Å²) < 4.78 is 56.2. The fourth-order valence-electron chi connectivity index (χ4n) is 4.61. The number of nitrogens with zero attached hydrogens (tertiary/aromatic N) is 4. The molecule has 2 aromatic heterocycles. The second-order valence-electron chi connectivity index (χ2n) is 9.70. The number of benzene rings is 1. The zero-order chi connectivity index (χ0) is 27.2. The van der Waals surface area contributed by atoms with Gasteiger partial charge in [-0.05, 0) is 66.6 Å². The highest BCUT2D eigenvalue weighted by Gasteiger charge is 2.38. The maximum absolute atomic E-state index is 13.8. The highest BCUT2D eigenvalue weighted by Crippen LogP contribution is 2.41. The summed E-state index contributed by atoms with van der Waals surface area (Å²) in [6.07, 6.45) is -0.488. The van der Waals surface area contributed by atoms with E-state index >= 15 is 0 Å². The number of carbonyl (C=O) groups is 1. The van der Waals surface area contributed by atoms with Crippen LogP contribution in [0.4, 0.5) is 17.6 Å². The number of rotatable bonds is 7. The van der Waals surface area contributed by atoms with Crippen LogP contribution in [0.15, 0.2) is 36.7 Å². The number of thioether (sulfide) groups is 1. The third-order valence-electron chi connectivity index (χ3n) is 6.69. The molecule has 1 atom stereocenters. The summed E-state index contributed by atoms with van der Waals surface area (Å²) in [7, 11) is 1.41. The van der Waals surface area contributed by atoms with E-state index in [4.69, 9.17) is 5.41 Å². The molecule has 12 heteroatoms. The predicted octanol–water partition coefficient (Wildman–Crippen LogP) is 5.31. The van der Waals surface area contributed by atoms with Crippen molar-refractivity contribution in [2.75, 3.05) is 12.3 Å². The number of hydrogen-bond donors (Lipinski definition) is 2. The maximum Gasteiger partial charge on any atom is 0.435 e. The number of aromatic nitrogens is 3. The molecule has 2 N–H and O–H groups in total. The monoisotopic (exact) mass is 546 g/mol. The van der Waals surface area contributed by atoms with Gasteiger partial charge in [-0.1, -0.05) is 11.8 Å². The van der Waals surface area contributed by atoms with Crippen molar-refractivity contribution in [2.24, 2.45) is 13.0 Å². The minimum Gasteiger partial charge on any atom is -0.347 e. The van der Waals surface area contributed by atoms with E-state index in [0.29, 0.717) is 28.5 Å². The number of alkyl halides is 3. The Morgan fingerprint density at radius 3 is 2.66 bits per heavy atom.